The van der Waals surface area contributed by atoms with Crippen LogP contribution in [0.15, 0.2) is 24.3 Å². The molecule has 0 unspecified atom stereocenters. The molecule has 5 nitrogen and oxygen atoms in total. The van der Waals surface area contributed by atoms with Crippen molar-refractivity contribution in [3.8, 4) is 11.8 Å². The molecule has 1 aromatic heterocycles. The Morgan fingerprint density at radius 1 is 1.19 bits per heavy atom. The van der Waals surface area contributed by atoms with Crippen molar-refractivity contribution in [1.29, 1.82) is 0 Å². The van der Waals surface area contributed by atoms with Crippen LogP contribution in [-0.4, -0.2) is 30.7 Å². The van der Waals surface area contributed by atoms with Crippen LogP contribution >= 0.6 is 11.6 Å². The second-order valence-corrected chi connectivity index (χ2v) is 4.60. The lowest BCUT2D eigenvalue weighted by Crippen LogP contribution is -2.07. The van der Waals surface area contributed by atoms with Gasteiger partial charge in [0.05, 0.1) is 14.2 Å². The van der Waals surface area contributed by atoms with Gasteiger partial charge in [-0.25, -0.2) is 4.39 Å². The van der Waals surface area contributed by atoms with Crippen LogP contribution in [0.5, 0.6) is 11.8 Å². The number of methoxy groups -OCH3 is 2. The van der Waals surface area contributed by atoms with E-state index in [0.29, 0.717) is 23.9 Å². The van der Waals surface area contributed by atoms with E-state index in [-0.39, 0.29) is 17.6 Å². The summed E-state index contributed by atoms with van der Waals surface area (Å²) < 4.78 is 23.4. The molecule has 0 spiro atoms. The first kappa shape index (κ1) is 15.3. The maximum Gasteiger partial charge on any atom is 0.319 e. The monoisotopic (exact) mass is 311 g/mol. The SMILES string of the molecule is COc1nc(Cl)cc(NCCc2ccc(OC)c(F)c2)n1. The minimum absolute atomic E-state index is 0.195. The minimum atomic E-state index is -0.373. The molecule has 1 N–H and O–H groups in total. The van der Waals surface area contributed by atoms with Crippen LogP contribution in [0, 0.1) is 5.82 Å². The molecule has 0 bridgehead atoms. The maximum atomic E-state index is 13.6. The van der Waals surface area contributed by atoms with Gasteiger partial charge in [-0.3, -0.25) is 0 Å². The fourth-order valence-electron chi connectivity index (χ4n) is 1.78. The Bertz CT molecular complexity index is 625. The molecule has 0 aliphatic rings. The summed E-state index contributed by atoms with van der Waals surface area (Å²) in [6.07, 6.45) is 0.630. The van der Waals surface area contributed by atoms with E-state index in [1.165, 1.54) is 20.3 Å². The summed E-state index contributed by atoms with van der Waals surface area (Å²) in [4.78, 5) is 7.98. The highest BCUT2D eigenvalue weighted by molar-refractivity contribution is 6.29. The van der Waals surface area contributed by atoms with Crippen LogP contribution in [0.3, 0.4) is 0 Å². The molecule has 1 aromatic carbocycles. The highest BCUT2D eigenvalue weighted by atomic mass is 35.5. The first-order chi connectivity index (χ1) is 10.1. The van der Waals surface area contributed by atoms with E-state index in [9.17, 15) is 4.39 Å². The normalized spacial score (nSPS) is 10.3. The van der Waals surface area contributed by atoms with Gasteiger partial charge in [0.15, 0.2) is 11.6 Å². The average Bonchev–Trinajstić information content (AvgIpc) is 2.47. The summed E-state index contributed by atoms with van der Waals surface area (Å²) in [5.41, 5.74) is 0.855. The molecule has 2 aromatic rings. The van der Waals surface area contributed by atoms with Crippen LogP contribution in [0.2, 0.25) is 5.15 Å². The highest BCUT2D eigenvalue weighted by Gasteiger charge is 2.05. The first-order valence-corrected chi connectivity index (χ1v) is 6.65. The van der Waals surface area contributed by atoms with Gasteiger partial charge in [0.25, 0.3) is 0 Å². The number of nitrogens with one attached hydrogen (secondary N) is 1. The van der Waals surface area contributed by atoms with Crippen LogP contribution in [0.1, 0.15) is 5.56 Å². The Labute approximate surface area is 127 Å². The smallest absolute Gasteiger partial charge is 0.319 e. The third-order valence-electron chi connectivity index (χ3n) is 2.79. The Hall–Kier alpha value is -2.08. The second-order valence-electron chi connectivity index (χ2n) is 4.21. The van der Waals surface area contributed by atoms with E-state index in [0.717, 1.165) is 5.56 Å². The summed E-state index contributed by atoms with van der Waals surface area (Å²) >= 11 is 5.84. The van der Waals surface area contributed by atoms with E-state index in [2.05, 4.69) is 15.3 Å². The molecule has 2 rings (SSSR count). The average molecular weight is 312 g/mol. The number of nitrogens with zero attached hydrogens (tertiary/aromatic N) is 2. The number of hydrogen-bond acceptors (Lipinski definition) is 5. The van der Waals surface area contributed by atoms with Crippen molar-refractivity contribution in [2.45, 2.75) is 6.42 Å². The lowest BCUT2D eigenvalue weighted by Gasteiger charge is -2.08. The molecular formula is C14H15ClFN3O2. The summed E-state index contributed by atoms with van der Waals surface area (Å²) in [6, 6.07) is 6.67. The minimum Gasteiger partial charge on any atom is -0.494 e. The second kappa shape index (κ2) is 7.08. The molecule has 0 radical (unpaired) electrons. The highest BCUT2D eigenvalue weighted by Crippen LogP contribution is 2.18. The third kappa shape index (κ3) is 4.19. The predicted molar refractivity (Wildman–Crippen MR) is 78.7 cm³/mol. The zero-order chi connectivity index (χ0) is 15.2. The number of aromatic nitrogens is 2. The Balaban J connectivity index is 1.95. The van der Waals surface area contributed by atoms with Gasteiger partial charge in [-0.15, -0.1) is 0 Å². The largest absolute Gasteiger partial charge is 0.494 e. The fourth-order valence-corrected chi connectivity index (χ4v) is 1.95. The zero-order valence-electron chi connectivity index (χ0n) is 11.7. The van der Waals surface area contributed by atoms with Gasteiger partial charge in [-0.1, -0.05) is 17.7 Å². The quantitative estimate of drug-likeness (QED) is 0.831. The first-order valence-electron chi connectivity index (χ1n) is 6.27. The summed E-state index contributed by atoms with van der Waals surface area (Å²) in [5.74, 6) is 0.418. The molecule has 21 heavy (non-hydrogen) atoms. The molecule has 0 amide bonds. The number of anilines is 1. The van der Waals surface area contributed by atoms with E-state index in [1.807, 2.05) is 6.07 Å². The Morgan fingerprint density at radius 2 is 2.00 bits per heavy atom. The lowest BCUT2D eigenvalue weighted by molar-refractivity contribution is 0.380. The van der Waals surface area contributed by atoms with E-state index in [4.69, 9.17) is 21.1 Å². The molecular weight excluding hydrogens is 297 g/mol. The molecule has 112 valence electrons. The number of ether oxygens (including phenoxy) is 2. The standard InChI is InChI=1S/C14H15ClFN3O2/c1-20-11-4-3-9(7-10(11)16)5-6-17-13-8-12(15)18-14(19-13)21-2/h3-4,7-8H,5-6H2,1-2H3,(H,17,18,19). The zero-order valence-corrected chi connectivity index (χ0v) is 12.4. The predicted octanol–water partition coefficient (Wildman–Crippen LogP) is 2.94. The van der Waals surface area contributed by atoms with Crippen molar-refractivity contribution in [2.24, 2.45) is 0 Å². The van der Waals surface area contributed by atoms with Crippen molar-refractivity contribution < 1.29 is 13.9 Å². The van der Waals surface area contributed by atoms with Crippen molar-refractivity contribution in [1.82, 2.24) is 9.97 Å². The van der Waals surface area contributed by atoms with Gasteiger partial charge in [-0.05, 0) is 24.1 Å². The van der Waals surface area contributed by atoms with Gasteiger partial charge in [0.2, 0.25) is 0 Å². The summed E-state index contributed by atoms with van der Waals surface area (Å²) in [6.45, 7) is 0.572. The molecule has 7 heteroatoms. The molecule has 0 aliphatic carbocycles. The fraction of sp³-hybridized carbons (Fsp3) is 0.286. The molecule has 0 aliphatic heterocycles. The molecule has 0 atom stereocenters. The van der Waals surface area contributed by atoms with Crippen LogP contribution in [0.4, 0.5) is 10.2 Å². The number of hydrogen-bond donors (Lipinski definition) is 1. The van der Waals surface area contributed by atoms with Crippen molar-refractivity contribution >= 4 is 17.4 Å². The van der Waals surface area contributed by atoms with Crippen LogP contribution < -0.4 is 14.8 Å². The number of rotatable bonds is 6. The Kier molecular flexibility index (Phi) is 5.16. The number of benzene rings is 1. The van der Waals surface area contributed by atoms with Crippen LogP contribution in [0.25, 0.3) is 0 Å². The van der Waals surface area contributed by atoms with Gasteiger partial charge < -0.3 is 14.8 Å². The molecule has 0 saturated carbocycles. The van der Waals surface area contributed by atoms with Gasteiger partial charge in [0.1, 0.15) is 11.0 Å². The third-order valence-corrected chi connectivity index (χ3v) is 2.99. The Morgan fingerprint density at radius 3 is 2.67 bits per heavy atom. The maximum absolute atomic E-state index is 13.6. The van der Waals surface area contributed by atoms with E-state index in [1.54, 1.807) is 12.1 Å². The van der Waals surface area contributed by atoms with Crippen LogP contribution in [-0.2, 0) is 6.42 Å². The van der Waals surface area contributed by atoms with E-state index >= 15 is 0 Å². The summed E-state index contributed by atoms with van der Waals surface area (Å²) in [7, 11) is 2.90. The van der Waals surface area contributed by atoms with Gasteiger partial charge >= 0.3 is 6.01 Å². The molecule has 0 fully saturated rings. The summed E-state index contributed by atoms with van der Waals surface area (Å²) in [5, 5.41) is 3.38. The van der Waals surface area contributed by atoms with Gasteiger partial charge in [-0.2, -0.15) is 9.97 Å². The lowest BCUT2D eigenvalue weighted by atomic mass is 10.1. The topological polar surface area (TPSA) is 56.3 Å². The van der Waals surface area contributed by atoms with Crippen molar-refractivity contribution in [3.63, 3.8) is 0 Å². The van der Waals surface area contributed by atoms with Gasteiger partial charge in [0, 0.05) is 12.6 Å². The molecule has 0 saturated heterocycles. The van der Waals surface area contributed by atoms with Crippen molar-refractivity contribution in [3.05, 3.63) is 40.8 Å². The number of halogens is 2. The molecule has 1 heterocycles. The van der Waals surface area contributed by atoms with E-state index < -0.39 is 0 Å². The van der Waals surface area contributed by atoms with Crippen molar-refractivity contribution in [2.75, 3.05) is 26.1 Å².